The number of carbonyl (C=O) groups is 3. The van der Waals surface area contributed by atoms with Gasteiger partial charge in [-0.05, 0) is 67.6 Å². The summed E-state index contributed by atoms with van der Waals surface area (Å²) in [5, 5.41) is 9.83. The Labute approximate surface area is 250 Å². The minimum atomic E-state index is -0.790. The molecule has 2 aromatic carbocycles. The normalized spacial score (nSPS) is 20.9. The second-order valence-corrected chi connectivity index (χ2v) is 11.5. The molecule has 0 bridgehead atoms. The van der Waals surface area contributed by atoms with Gasteiger partial charge in [0.1, 0.15) is 11.9 Å². The van der Waals surface area contributed by atoms with Gasteiger partial charge in [-0.1, -0.05) is 48.3 Å². The van der Waals surface area contributed by atoms with Crippen molar-refractivity contribution in [1.29, 1.82) is 0 Å². The van der Waals surface area contributed by atoms with Gasteiger partial charge in [0.05, 0.1) is 22.1 Å². The molecule has 2 saturated heterocycles. The Hall–Kier alpha value is -2.72. The summed E-state index contributed by atoms with van der Waals surface area (Å²) in [7, 11) is 1.61. The van der Waals surface area contributed by atoms with Crippen molar-refractivity contribution < 1.29 is 18.8 Å². The molecule has 3 N–H and O–H groups in total. The van der Waals surface area contributed by atoms with Gasteiger partial charge in [-0.3, -0.25) is 19.3 Å². The first-order valence-electron chi connectivity index (χ1n) is 14.2. The van der Waals surface area contributed by atoms with Crippen LogP contribution in [0, 0.1) is 5.82 Å². The van der Waals surface area contributed by atoms with Gasteiger partial charge in [0.2, 0.25) is 17.7 Å². The van der Waals surface area contributed by atoms with Crippen molar-refractivity contribution in [3.05, 3.63) is 69.5 Å². The highest BCUT2D eigenvalue weighted by Crippen LogP contribution is 2.25. The number of nitrogens with zero attached hydrogens (tertiary/aromatic N) is 2. The molecule has 222 valence electrons. The summed E-state index contributed by atoms with van der Waals surface area (Å²) in [5.41, 5.74) is 1.65. The molecule has 0 aromatic heterocycles. The van der Waals surface area contributed by atoms with Gasteiger partial charge in [-0.25, -0.2) is 4.39 Å². The molecule has 2 aliphatic heterocycles. The number of likely N-dealkylation sites (N-methyl/N-ethyl adjacent to an activating group) is 1. The number of hydrogen-bond acceptors (Lipinski definition) is 5. The molecule has 0 spiro atoms. The molecule has 2 aromatic rings. The standard InChI is InChI=1S/C30H38Cl2FN5O3/c1-3-22-18-37(27(29(40)34-2)17-20-8-11-23(31)24(32)15-20)13-14-38(22)30(41)26(16-19-6-9-21(33)10-7-19)36-28(39)25-5-4-12-35-25/h6-11,15,22,25-27,35H,3-5,12-14,16-18H2,1-2H3,(H,34,40)(H,36,39). The molecule has 4 unspecified atom stereocenters. The van der Waals surface area contributed by atoms with Gasteiger partial charge in [0, 0.05) is 39.1 Å². The van der Waals surface area contributed by atoms with Crippen LogP contribution in [0.3, 0.4) is 0 Å². The summed E-state index contributed by atoms with van der Waals surface area (Å²) >= 11 is 12.3. The lowest BCUT2D eigenvalue weighted by Crippen LogP contribution is -2.63. The molecule has 0 aliphatic carbocycles. The summed E-state index contributed by atoms with van der Waals surface area (Å²) in [6, 6.07) is 9.64. The Morgan fingerprint density at radius 2 is 1.78 bits per heavy atom. The summed E-state index contributed by atoms with van der Waals surface area (Å²) in [6.45, 7) is 4.18. The van der Waals surface area contributed by atoms with E-state index in [1.54, 1.807) is 31.3 Å². The zero-order chi connectivity index (χ0) is 29.5. The van der Waals surface area contributed by atoms with E-state index in [-0.39, 0.29) is 42.0 Å². The number of halogens is 3. The molecule has 11 heteroatoms. The molecule has 4 rings (SSSR count). The third kappa shape index (κ3) is 7.97. The van der Waals surface area contributed by atoms with E-state index in [0.717, 1.165) is 30.5 Å². The van der Waals surface area contributed by atoms with E-state index < -0.39 is 12.1 Å². The molecular weight excluding hydrogens is 568 g/mol. The highest BCUT2D eigenvalue weighted by Gasteiger charge is 2.38. The number of nitrogens with one attached hydrogen (secondary N) is 3. The van der Waals surface area contributed by atoms with Gasteiger partial charge in [0.15, 0.2) is 0 Å². The molecule has 4 atom stereocenters. The van der Waals surface area contributed by atoms with Crippen LogP contribution in [-0.4, -0.2) is 84.9 Å². The summed E-state index contributed by atoms with van der Waals surface area (Å²) in [4.78, 5) is 44.0. The molecule has 3 amide bonds. The van der Waals surface area contributed by atoms with Gasteiger partial charge >= 0.3 is 0 Å². The van der Waals surface area contributed by atoms with E-state index in [1.807, 2.05) is 17.9 Å². The minimum absolute atomic E-state index is 0.115. The van der Waals surface area contributed by atoms with Gasteiger partial charge in [-0.2, -0.15) is 0 Å². The molecule has 2 aliphatic rings. The lowest BCUT2D eigenvalue weighted by atomic mass is 9.98. The monoisotopic (exact) mass is 605 g/mol. The Bertz CT molecular complexity index is 1230. The third-order valence-electron chi connectivity index (χ3n) is 8.02. The van der Waals surface area contributed by atoms with Crippen LogP contribution in [0.1, 0.15) is 37.3 Å². The molecule has 8 nitrogen and oxygen atoms in total. The predicted octanol–water partition coefficient (Wildman–Crippen LogP) is 3.19. The Balaban J connectivity index is 1.51. The Morgan fingerprint density at radius 1 is 1.05 bits per heavy atom. The Kier molecular flexibility index (Phi) is 11.0. The van der Waals surface area contributed by atoms with E-state index in [0.29, 0.717) is 42.5 Å². The van der Waals surface area contributed by atoms with Gasteiger partial charge in [0.25, 0.3) is 0 Å². The van der Waals surface area contributed by atoms with E-state index in [2.05, 4.69) is 20.9 Å². The van der Waals surface area contributed by atoms with Crippen molar-refractivity contribution in [2.45, 2.75) is 63.2 Å². The number of hydrogen-bond donors (Lipinski definition) is 3. The summed E-state index contributed by atoms with van der Waals surface area (Å²) < 4.78 is 13.5. The number of rotatable bonds is 10. The topological polar surface area (TPSA) is 93.8 Å². The van der Waals surface area contributed by atoms with E-state index in [4.69, 9.17) is 23.2 Å². The highest BCUT2D eigenvalue weighted by molar-refractivity contribution is 6.42. The predicted molar refractivity (Wildman–Crippen MR) is 158 cm³/mol. The first kappa shape index (κ1) is 31.2. The largest absolute Gasteiger partial charge is 0.358 e. The van der Waals surface area contributed by atoms with Crippen molar-refractivity contribution in [3.8, 4) is 0 Å². The van der Waals surface area contributed by atoms with E-state index in [9.17, 15) is 18.8 Å². The van der Waals surface area contributed by atoms with E-state index in [1.165, 1.54) is 12.1 Å². The Morgan fingerprint density at radius 3 is 2.41 bits per heavy atom. The first-order chi connectivity index (χ1) is 19.7. The molecule has 0 saturated carbocycles. The van der Waals surface area contributed by atoms with Gasteiger partial charge in [-0.15, -0.1) is 0 Å². The average Bonchev–Trinajstić information content (AvgIpc) is 3.53. The lowest BCUT2D eigenvalue weighted by molar-refractivity contribution is -0.142. The van der Waals surface area contributed by atoms with Crippen LogP contribution >= 0.6 is 23.2 Å². The van der Waals surface area contributed by atoms with Crippen LogP contribution in [0.5, 0.6) is 0 Å². The second-order valence-electron chi connectivity index (χ2n) is 10.7. The maximum Gasteiger partial charge on any atom is 0.245 e. The van der Waals surface area contributed by atoms with Crippen LogP contribution in [0.15, 0.2) is 42.5 Å². The lowest BCUT2D eigenvalue weighted by Gasteiger charge is -2.45. The van der Waals surface area contributed by atoms with Crippen molar-refractivity contribution in [2.24, 2.45) is 0 Å². The fourth-order valence-electron chi connectivity index (χ4n) is 5.68. The zero-order valence-corrected chi connectivity index (χ0v) is 25.0. The van der Waals surface area contributed by atoms with Crippen LogP contribution < -0.4 is 16.0 Å². The fraction of sp³-hybridized carbons (Fsp3) is 0.500. The van der Waals surface area contributed by atoms with Crippen LogP contribution in [0.4, 0.5) is 4.39 Å². The number of amides is 3. The SMILES string of the molecule is CCC1CN(C(Cc2ccc(Cl)c(Cl)c2)C(=O)NC)CCN1C(=O)C(Cc1ccc(F)cc1)NC(=O)C1CCCN1. The highest BCUT2D eigenvalue weighted by atomic mass is 35.5. The molecular formula is C30H38Cl2FN5O3. The quantitative estimate of drug-likeness (QED) is 0.387. The molecule has 2 fully saturated rings. The smallest absolute Gasteiger partial charge is 0.245 e. The fourth-order valence-corrected chi connectivity index (χ4v) is 6.00. The van der Waals surface area contributed by atoms with Crippen LogP contribution in [-0.2, 0) is 27.2 Å². The maximum atomic E-state index is 14.0. The third-order valence-corrected chi connectivity index (χ3v) is 8.75. The minimum Gasteiger partial charge on any atom is -0.358 e. The second kappa shape index (κ2) is 14.4. The summed E-state index contributed by atoms with van der Waals surface area (Å²) in [5.74, 6) is -0.843. The molecule has 41 heavy (non-hydrogen) atoms. The summed E-state index contributed by atoms with van der Waals surface area (Å²) in [6.07, 6.45) is 3.00. The van der Waals surface area contributed by atoms with Crippen LogP contribution in [0.2, 0.25) is 10.0 Å². The van der Waals surface area contributed by atoms with Crippen molar-refractivity contribution in [3.63, 3.8) is 0 Å². The first-order valence-corrected chi connectivity index (χ1v) is 14.9. The number of piperazine rings is 1. The van der Waals surface area contributed by atoms with Crippen LogP contribution in [0.25, 0.3) is 0 Å². The van der Waals surface area contributed by atoms with Crippen molar-refractivity contribution in [2.75, 3.05) is 33.2 Å². The van der Waals surface area contributed by atoms with Crippen molar-refractivity contribution in [1.82, 2.24) is 25.8 Å². The zero-order valence-electron chi connectivity index (χ0n) is 23.5. The van der Waals surface area contributed by atoms with Crippen molar-refractivity contribution >= 4 is 40.9 Å². The molecule has 2 heterocycles. The molecule has 0 radical (unpaired) electrons. The number of benzene rings is 2. The van der Waals surface area contributed by atoms with Gasteiger partial charge < -0.3 is 20.9 Å². The maximum absolute atomic E-state index is 14.0. The average molecular weight is 607 g/mol. The van der Waals surface area contributed by atoms with E-state index >= 15 is 0 Å². The number of carbonyl (C=O) groups excluding carboxylic acids is 3.